The van der Waals surface area contributed by atoms with Gasteiger partial charge in [-0.2, -0.15) is 0 Å². The maximum atomic E-state index is 13.3. The van der Waals surface area contributed by atoms with E-state index < -0.39 is 0 Å². The van der Waals surface area contributed by atoms with Crippen molar-refractivity contribution in [3.8, 4) is 22.6 Å². The van der Waals surface area contributed by atoms with Crippen LogP contribution in [0.1, 0.15) is 81.8 Å². The summed E-state index contributed by atoms with van der Waals surface area (Å²) in [4.78, 5) is 58.3. The van der Waals surface area contributed by atoms with Crippen LogP contribution in [0.15, 0.2) is 65.9 Å². The number of fused-ring (bicyclic) bond motifs is 2. The number of carbonyl (C=O) groups excluding carboxylic acids is 4. The minimum atomic E-state index is -0.199. The number of benzene rings is 2. The number of carbonyl (C=O) groups is 4. The smallest absolute Gasteiger partial charge is 0.256 e. The number of anilines is 1. The summed E-state index contributed by atoms with van der Waals surface area (Å²) in [6.45, 7) is 1.45. The highest BCUT2D eigenvalue weighted by Gasteiger charge is 2.31. The molecule has 6 rings (SSSR count). The molecule has 2 aliphatic heterocycles. The number of ketones is 2. The van der Waals surface area contributed by atoms with Gasteiger partial charge in [0.2, 0.25) is 5.91 Å². The summed E-state index contributed by atoms with van der Waals surface area (Å²) in [6, 6.07) is 14.7. The molecule has 4 aromatic rings. The van der Waals surface area contributed by atoms with Gasteiger partial charge in [-0.15, -0.1) is 0 Å². The topological polar surface area (TPSA) is 150 Å². The fourth-order valence-corrected chi connectivity index (χ4v) is 6.81. The van der Waals surface area contributed by atoms with Crippen LogP contribution >= 0.6 is 0 Å². The average molecular weight is 707 g/mol. The molecule has 4 heterocycles. The van der Waals surface area contributed by atoms with Crippen molar-refractivity contribution < 1.29 is 28.7 Å². The third-order valence-corrected chi connectivity index (χ3v) is 9.64. The SMILES string of the molecule is COc1cc2c(cc1OCCCC(=O)Nc1cc(C(=O)Cc3ccc(-c4cc(C(=O)CCCN)n(C)c4)cc3)n(C)c1)N=C[C@@H]1CCCCN1C2=O. The van der Waals surface area contributed by atoms with Gasteiger partial charge in [0.05, 0.1) is 48.1 Å². The number of methoxy groups -OCH3 is 1. The highest BCUT2D eigenvalue weighted by atomic mass is 16.5. The number of hydrogen-bond donors (Lipinski definition) is 2. The lowest BCUT2D eigenvalue weighted by molar-refractivity contribution is -0.116. The van der Waals surface area contributed by atoms with Gasteiger partial charge in [-0.25, -0.2) is 0 Å². The maximum absolute atomic E-state index is 13.3. The molecule has 0 spiro atoms. The third-order valence-electron chi connectivity index (χ3n) is 9.64. The maximum Gasteiger partial charge on any atom is 0.256 e. The Labute approximate surface area is 303 Å². The van der Waals surface area contributed by atoms with E-state index in [0.717, 1.165) is 36.0 Å². The zero-order valence-corrected chi connectivity index (χ0v) is 30.0. The van der Waals surface area contributed by atoms with Crippen LogP contribution < -0.4 is 20.5 Å². The molecule has 2 amide bonds. The van der Waals surface area contributed by atoms with Gasteiger partial charge >= 0.3 is 0 Å². The summed E-state index contributed by atoms with van der Waals surface area (Å²) >= 11 is 0. The predicted molar refractivity (Wildman–Crippen MR) is 200 cm³/mol. The molecule has 0 aliphatic carbocycles. The number of nitrogens with zero attached hydrogens (tertiary/aromatic N) is 4. The number of ether oxygens (including phenoxy) is 2. The molecule has 0 radical (unpaired) electrons. The Bertz CT molecular complexity index is 1990. The van der Waals surface area contributed by atoms with E-state index in [9.17, 15) is 19.2 Å². The fraction of sp³-hybridized carbons (Fsp3) is 0.375. The molecule has 2 aliphatic rings. The quantitative estimate of drug-likeness (QED) is 0.116. The van der Waals surface area contributed by atoms with Gasteiger partial charge in [0.15, 0.2) is 23.1 Å². The molecule has 1 saturated heterocycles. The molecule has 52 heavy (non-hydrogen) atoms. The van der Waals surface area contributed by atoms with Crippen molar-refractivity contribution in [2.24, 2.45) is 24.8 Å². The van der Waals surface area contributed by atoms with Crippen molar-refractivity contribution in [3.05, 3.63) is 83.4 Å². The largest absolute Gasteiger partial charge is 0.493 e. The first-order valence-electron chi connectivity index (χ1n) is 17.8. The van der Waals surface area contributed by atoms with Gasteiger partial charge in [0, 0.05) is 70.1 Å². The van der Waals surface area contributed by atoms with Crippen LogP contribution in [0.25, 0.3) is 11.1 Å². The number of piperidine rings is 1. The Balaban J connectivity index is 0.996. The third kappa shape index (κ3) is 8.18. The Morgan fingerprint density at radius 1 is 0.904 bits per heavy atom. The van der Waals surface area contributed by atoms with E-state index in [0.29, 0.717) is 72.2 Å². The number of nitrogens with two attached hydrogens (primary N) is 1. The summed E-state index contributed by atoms with van der Waals surface area (Å²) in [5.41, 5.74) is 11.0. The van der Waals surface area contributed by atoms with Gasteiger partial charge in [0.1, 0.15) is 0 Å². The number of aromatic nitrogens is 2. The number of rotatable bonds is 15. The first kappa shape index (κ1) is 36.3. The highest BCUT2D eigenvalue weighted by Crippen LogP contribution is 2.38. The van der Waals surface area contributed by atoms with Crippen LogP contribution in [-0.2, 0) is 25.3 Å². The van der Waals surface area contributed by atoms with Crippen LogP contribution in [0.3, 0.4) is 0 Å². The van der Waals surface area contributed by atoms with Crippen LogP contribution in [0, 0.1) is 0 Å². The second-order valence-electron chi connectivity index (χ2n) is 13.4. The van der Waals surface area contributed by atoms with Crippen molar-refractivity contribution in [1.29, 1.82) is 0 Å². The lowest BCUT2D eigenvalue weighted by Crippen LogP contribution is -2.43. The molecular formula is C40H46N6O6. The molecule has 0 saturated carbocycles. The van der Waals surface area contributed by atoms with Gasteiger partial charge in [-0.05, 0) is 68.0 Å². The predicted octanol–water partition coefficient (Wildman–Crippen LogP) is 5.89. The Hall–Kier alpha value is -5.49. The normalized spacial score (nSPS) is 15.1. The molecule has 1 fully saturated rings. The molecule has 2 aromatic carbocycles. The molecule has 1 atom stereocenters. The summed E-state index contributed by atoms with van der Waals surface area (Å²) in [6.07, 6.45) is 10.4. The second kappa shape index (κ2) is 16.2. The van der Waals surface area contributed by atoms with E-state index in [-0.39, 0.29) is 48.9 Å². The molecule has 3 N–H and O–H groups in total. The first-order chi connectivity index (χ1) is 25.1. The summed E-state index contributed by atoms with van der Waals surface area (Å²) in [7, 11) is 5.16. The van der Waals surface area contributed by atoms with Crippen LogP contribution in [0.4, 0.5) is 11.4 Å². The van der Waals surface area contributed by atoms with E-state index in [1.807, 2.05) is 59.3 Å². The minimum Gasteiger partial charge on any atom is -0.493 e. The number of aryl methyl sites for hydroxylation is 2. The lowest BCUT2D eigenvalue weighted by Gasteiger charge is -2.32. The second-order valence-corrected chi connectivity index (χ2v) is 13.4. The van der Waals surface area contributed by atoms with Crippen LogP contribution in [0.2, 0.25) is 0 Å². The van der Waals surface area contributed by atoms with E-state index >= 15 is 0 Å². The Kier molecular flexibility index (Phi) is 11.3. The molecule has 0 unspecified atom stereocenters. The number of amides is 2. The number of Topliss-reactive ketones (excluding diaryl/α,β-unsaturated/α-hetero) is 2. The van der Waals surface area contributed by atoms with E-state index in [2.05, 4.69) is 10.3 Å². The van der Waals surface area contributed by atoms with Gasteiger partial charge in [-0.3, -0.25) is 24.2 Å². The standard InChI is InChI=1S/C40H46N6O6/c1-44-24-28(19-33(44)35(47)9-6-15-41)27-13-11-26(12-14-27)18-36(48)34-20-29(25-45(34)2)43-39(49)10-7-17-52-38-22-32-31(21-37(38)51-3)40(50)46-16-5-4-8-30(46)23-42-32/h11-14,19-25,30H,4-10,15-18,41H2,1-3H3,(H,43,49)/t30-/m0/s1. The van der Waals surface area contributed by atoms with Gasteiger partial charge in [0.25, 0.3) is 5.91 Å². The summed E-state index contributed by atoms with van der Waals surface area (Å²) in [5, 5.41) is 2.89. The Morgan fingerprint density at radius 2 is 1.67 bits per heavy atom. The zero-order valence-electron chi connectivity index (χ0n) is 30.0. The van der Waals surface area contributed by atoms with Gasteiger partial charge < -0.3 is 34.6 Å². The molecule has 12 heteroatoms. The van der Waals surface area contributed by atoms with Crippen LogP contribution in [-0.4, -0.2) is 76.5 Å². The fourth-order valence-electron chi connectivity index (χ4n) is 6.81. The first-order valence-corrected chi connectivity index (χ1v) is 17.8. The molecule has 12 nitrogen and oxygen atoms in total. The summed E-state index contributed by atoms with van der Waals surface area (Å²) < 4.78 is 15.1. The number of nitrogens with one attached hydrogen (secondary N) is 1. The van der Waals surface area contributed by atoms with Crippen molar-refractivity contribution in [1.82, 2.24) is 14.0 Å². The molecular weight excluding hydrogens is 660 g/mol. The average Bonchev–Trinajstić information content (AvgIpc) is 3.68. The highest BCUT2D eigenvalue weighted by molar-refractivity contribution is 6.03. The van der Waals surface area contributed by atoms with E-state index in [1.54, 1.807) is 36.0 Å². The zero-order chi connectivity index (χ0) is 36.8. The van der Waals surface area contributed by atoms with Crippen molar-refractivity contribution in [2.45, 2.75) is 57.4 Å². The molecule has 272 valence electrons. The summed E-state index contributed by atoms with van der Waals surface area (Å²) in [5.74, 6) is 0.649. The van der Waals surface area contributed by atoms with E-state index in [4.69, 9.17) is 15.2 Å². The van der Waals surface area contributed by atoms with Crippen molar-refractivity contribution >= 4 is 41.0 Å². The Morgan fingerprint density at radius 3 is 2.44 bits per heavy atom. The number of aliphatic imine (C=N–C) groups is 1. The van der Waals surface area contributed by atoms with E-state index in [1.165, 1.54) is 7.11 Å². The van der Waals surface area contributed by atoms with Gasteiger partial charge in [-0.1, -0.05) is 24.3 Å². The molecule has 0 bridgehead atoms. The van der Waals surface area contributed by atoms with Crippen molar-refractivity contribution in [3.63, 3.8) is 0 Å². The lowest BCUT2D eigenvalue weighted by atomic mass is 10.0. The molecule has 2 aromatic heterocycles. The van der Waals surface area contributed by atoms with Crippen LogP contribution in [0.5, 0.6) is 11.5 Å². The number of hydrogen-bond acceptors (Lipinski definition) is 8. The minimum absolute atomic E-state index is 0.000675. The monoisotopic (exact) mass is 706 g/mol. The van der Waals surface area contributed by atoms with Crippen molar-refractivity contribution in [2.75, 3.05) is 32.1 Å².